The zero-order valence-electron chi connectivity index (χ0n) is 23.9. The van der Waals surface area contributed by atoms with Crippen LogP contribution in [0.25, 0.3) is 6.08 Å². The molecule has 3 atom stereocenters. The van der Waals surface area contributed by atoms with Crippen molar-refractivity contribution in [3.05, 3.63) is 125 Å². The van der Waals surface area contributed by atoms with Gasteiger partial charge in [-0.25, -0.2) is 0 Å². The molecule has 43 heavy (non-hydrogen) atoms. The Labute approximate surface area is 249 Å². The Bertz CT molecular complexity index is 1790. The topological polar surface area (TPSA) is 82.1 Å². The molecule has 0 aromatic heterocycles. The van der Waals surface area contributed by atoms with Crippen LogP contribution in [0.2, 0.25) is 0 Å². The average molecular weight is 572 g/mol. The maximum atomic E-state index is 14.9. The van der Waals surface area contributed by atoms with Crippen molar-refractivity contribution in [2.24, 2.45) is 5.41 Å². The molecule has 0 unspecified atom stereocenters. The molecule has 1 spiro atoms. The summed E-state index contributed by atoms with van der Waals surface area (Å²) >= 11 is 0. The number of ether oxygens (including phenoxy) is 3. The molecule has 0 amide bonds. The first kappa shape index (κ1) is 26.7. The van der Waals surface area contributed by atoms with Crippen molar-refractivity contribution in [2.75, 3.05) is 26.2 Å². The van der Waals surface area contributed by atoms with Crippen LogP contribution in [0.3, 0.4) is 0 Å². The third-order valence-electron chi connectivity index (χ3n) is 9.12. The van der Waals surface area contributed by atoms with E-state index in [0.29, 0.717) is 39.5 Å². The lowest BCUT2D eigenvalue weighted by molar-refractivity contribution is 0.0664. The van der Waals surface area contributed by atoms with Crippen LogP contribution in [-0.4, -0.2) is 50.8 Å². The van der Waals surface area contributed by atoms with Crippen molar-refractivity contribution >= 4 is 29.1 Å². The molecule has 4 aromatic carbocycles. The van der Waals surface area contributed by atoms with E-state index in [1.165, 1.54) is 14.2 Å². The first-order chi connectivity index (χ1) is 21.0. The predicted molar refractivity (Wildman–Crippen MR) is 163 cm³/mol. The number of rotatable bonds is 6. The fourth-order valence-corrected chi connectivity index (χ4v) is 7.34. The number of carbonyl (C=O) groups is 3. The Morgan fingerprint density at radius 2 is 1.42 bits per heavy atom. The minimum Gasteiger partial charge on any atom is -0.497 e. The van der Waals surface area contributed by atoms with E-state index in [-0.39, 0.29) is 17.3 Å². The molecule has 7 nitrogen and oxygen atoms in total. The van der Waals surface area contributed by atoms with Crippen LogP contribution in [0.4, 0.5) is 5.69 Å². The van der Waals surface area contributed by atoms with Gasteiger partial charge in [0.05, 0.1) is 27.4 Å². The average Bonchev–Trinajstić information content (AvgIpc) is 3.49. The number of fused-ring (bicyclic) bond motifs is 5. The van der Waals surface area contributed by atoms with E-state index in [1.807, 2.05) is 47.4 Å². The van der Waals surface area contributed by atoms with Gasteiger partial charge in [-0.15, -0.1) is 0 Å². The largest absolute Gasteiger partial charge is 0.497 e. The minimum absolute atomic E-state index is 0.221. The van der Waals surface area contributed by atoms with Crippen LogP contribution in [-0.2, 0) is 0 Å². The number of nitrogens with zero attached hydrogens (tertiary/aromatic N) is 1. The summed E-state index contributed by atoms with van der Waals surface area (Å²) in [5.41, 5.74) is 1.77. The number of benzene rings is 4. The fraction of sp³-hybridized carbons (Fsp3) is 0.194. The number of carbonyl (C=O) groups excluding carboxylic acids is 3. The normalized spacial score (nSPS) is 20.9. The van der Waals surface area contributed by atoms with Gasteiger partial charge in [0.25, 0.3) is 0 Å². The number of hydrogen-bond acceptors (Lipinski definition) is 7. The van der Waals surface area contributed by atoms with E-state index in [0.717, 1.165) is 11.3 Å². The second-order valence-electron chi connectivity index (χ2n) is 10.9. The van der Waals surface area contributed by atoms with Gasteiger partial charge >= 0.3 is 0 Å². The highest BCUT2D eigenvalue weighted by molar-refractivity contribution is 6.32. The number of hydrogen-bond donors (Lipinski definition) is 0. The standard InChI is InChI=1S/C36H29NO6/c1-41-23-18-15-22(16-19-23)32(38)31-30(26-12-8-14-28(42-2)33(26)43-3)36(34(39)24-10-5-6-11-25(24)35(36)40)29-20-17-21-9-4-7-13-27(21)37(29)31/h4-20,29-31H,1-3H3/t29-,30-,31-/m0/s1. The summed E-state index contributed by atoms with van der Waals surface area (Å²) in [6.07, 6.45) is 3.85. The summed E-state index contributed by atoms with van der Waals surface area (Å²) in [5, 5.41) is 0. The molecule has 214 valence electrons. The van der Waals surface area contributed by atoms with Crippen molar-refractivity contribution in [2.45, 2.75) is 18.0 Å². The highest BCUT2D eigenvalue weighted by Crippen LogP contribution is 2.62. The first-order valence-electron chi connectivity index (χ1n) is 14.1. The Kier molecular flexibility index (Phi) is 6.20. The van der Waals surface area contributed by atoms with Gasteiger partial charge in [0, 0.05) is 33.9 Å². The van der Waals surface area contributed by atoms with Gasteiger partial charge in [0.15, 0.2) is 28.8 Å². The van der Waals surface area contributed by atoms with Gasteiger partial charge in [0.2, 0.25) is 0 Å². The summed E-state index contributed by atoms with van der Waals surface area (Å²) in [4.78, 5) is 46.5. The lowest BCUT2D eigenvalue weighted by Gasteiger charge is -2.37. The second-order valence-corrected chi connectivity index (χ2v) is 10.9. The third kappa shape index (κ3) is 3.57. The predicted octanol–water partition coefficient (Wildman–Crippen LogP) is 6.03. The van der Waals surface area contributed by atoms with E-state index in [1.54, 1.807) is 67.8 Å². The van der Waals surface area contributed by atoms with Crippen LogP contribution >= 0.6 is 0 Å². The highest BCUT2D eigenvalue weighted by Gasteiger charge is 2.72. The zero-order chi connectivity index (χ0) is 29.9. The maximum absolute atomic E-state index is 14.9. The molecule has 7 rings (SSSR count). The number of methoxy groups -OCH3 is 3. The van der Waals surface area contributed by atoms with E-state index >= 15 is 0 Å². The third-order valence-corrected chi connectivity index (χ3v) is 9.12. The molecule has 1 saturated heterocycles. The summed E-state index contributed by atoms with van der Waals surface area (Å²) in [6, 6.07) is 25.3. The van der Waals surface area contributed by atoms with Crippen molar-refractivity contribution in [3.8, 4) is 17.2 Å². The molecule has 7 heteroatoms. The zero-order valence-corrected chi connectivity index (χ0v) is 23.9. The first-order valence-corrected chi connectivity index (χ1v) is 14.1. The Balaban J connectivity index is 1.56. The number of ketones is 3. The van der Waals surface area contributed by atoms with Gasteiger partial charge in [-0.1, -0.05) is 66.7 Å². The summed E-state index contributed by atoms with van der Waals surface area (Å²) < 4.78 is 16.9. The summed E-state index contributed by atoms with van der Waals surface area (Å²) in [7, 11) is 4.63. The Hall–Kier alpha value is -5.17. The lowest BCUT2D eigenvalue weighted by Crippen LogP contribution is -2.48. The molecule has 1 fully saturated rings. The van der Waals surface area contributed by atoms with Crippen molar-refractivity contribution in [1.82, 2.24) is 0 Å². The van der Waals surface area contributed by atoms with Crippen LogP contribution < -0.4 is 19.1 Å². The van der Waals surface area contributed by atoms with E-state index < -0.39 is 23.4 Å². The van der Waals surface area contributed by atoms with Crippen molar-refractivity contribution in [1.29, 1.82) is 0 Å². The molecule has 3 aliphatic rings. The quantitative estimate of drug-likeness (QED) is 0.207. The molecule has 1 aliphatic carbocycles. The van der Waals surface area contributed by atoms with E-state index in [9.17, 15) is 14.4 Å². The van der Waals surface area contributed by atoms with Gasteiger partial charge in [-0.3, -0.25) is 14.4 Å². The molecule has 4 aromatic rings. The van der Waals surface area contributed by atoms with E-state index in [4.69, 9.17) is 14.2 Å². The minimum atomic E-state index is -1.64. The van der Waals surface area contributed by atoms with Gasteiger partial charge in [-0.05, 0) is 42.0 Å². The van der Waals surface area contributed by atoms with Crippen LogP contribution in [0.1, 0.15) is 48.1 Å². The van der Waals surface area contributed by atoms with Crippen molar-refractivity contribution < 1.29 is 28.6 Å². The Morgan fingerprint density at radius 3 is 2.07 bits per heavy atom. The second kappa shape index (κ2) is 9.98. The van der Waals surface area contributed by atoms with Crippen molar-refractivity contribution in [3.63, 3.8) is 0 Å². The van der Waals surface area contributed by atoms with Gasteiger partial charge < -0.3 is 19.1 Å². The molecule has 0 bridgehead atoms. The monoisotopic (exact) mass is 571 g/mol. The fourth-order valence-electron chi connectivity index (χ4n) is 7.34. The molecule has 2 aliphatic heterocycles. The number of Topliss-reactive ketones (excluding diaryl/α,β-unsaturated/α-hetero) is 3. The van der Waals surface area contributed by atoms with Crippen LogP contribution in [0.5, 0.6) is 17.2 Å². The molecular weight excluding hydrogens is 542 g/mol. The molecule has 2 heterocycles. The highest BCUT2D eigenvalue weighted by atomic mass is 16.5. The van der Waals surface area contributed by atoms with Crippen LogP contribution in [0.15, 0.2) is 97.1 Å². The van der Waals surface area contributed by atoms with E-state index in [2.05, 4.69) is 0 Å². The van der Waals surface area contributed by atoms with Crippen LogP contribution in [0, 0.1) is 5.41 Å². The summed E-state index contributed by atoms with van der Waals surface area (Å²) in [5.74, 6) is -0.288. The number of para-hydroxylation sites is 2. The van der Waals surface area contributed by atoms with Gasteiger partial charge in [-0.2, -0.15) is 0 Å². The summed E-state index contributed by atoms with van der Waals surface area (Å²) in [6.45, 7) is 0. The SMILES string of the molecule is COc1ccc(C(=O)[C@@H]2[C@H](c3cccc(OC)c3OC)C3(C(=O)c4ccccc4C3=O)[C@@H]3C=Cc4ccccc4N23)cc1. The molecule has 0 N–H and O–H groups in total. The van der Waals surface area contributed by atoms with Gasteiger partial charge in [0.1, 0.15) is 17.2 Å². The smallest absolute Gasteiger partial charge is 0.185 e. The molecule has 0 radical (unpaired) electrons. The maximum Gasteiger partial charge on any atom is 0.185 e. The number of anilines is 1. The Morgan fingerprint density at radius 1 is 0.744 bits per heavy atom. The molecular formula is C36H29NO6. The lowest BCUT2D eigenvalue weighted by atomic mass is 9.64. The molecule has 0 saturated carbocycles.